The number of halogens is 1. The van der Waals surface area contributed by atoms with Crippen LogP contribution >= 0.6 is 0 Å². The molecule has 1 aliphatic heterocycles. The lowest BCUT2D eigenvalue weighted by Gasteiger charge is -2.42. The van der Waals surface area contributed by atoms with Crippen LogP contribution in [0.2, 0.25) is 0 Å². The van der Waals surface area contributed by atoms with Crippen molar-refractivity contribution in [1.29, 1.82) is 0 Å². The van der Waals surface area contributed by atoms with Crippen LogP contribution in [-0.2, 0) is 9.59 Å². The van der Waals surface area contributed by atoms with Gasteiger partial charge in [-0.2, -0.15) is 0 Å². The van der Waals surface area contributed by atoms with Gasteiger partial charge in [0.1, 0.15) is 6.04 Å². The van der Waals surface area contributed by atoms with Gasteiger partial charge in [-0.25, -0.2) is 4.39 Å². The fraction of sp³-hybridized carbons (Fsp3) is 0.529. The highest BCUT2D eigenvalue weighted by molar-refractivity contribution is 5.84. The van der Waals surface area contributed by atoms with Crippen molar-refractivity contribution in [1.82, 2.24) is 15.1 Å². The predicted molar refractivity (Wildman–Crippen MR) is 88.2 cm³/mol. The molecule has 1 heterocycles. The highest BCUT2D eigenvalue weighted by atomic mass is 19.1. The van der Waals surface area contributed by atoms with Crippen LogP contribution in [0.25, 0.3) is 0 Å². The third kappa shape index (κ3) is 4.23. The molecule has 1 unspecified atom stereocenters. The molecule has 1 aromatic carbocycles. The van der Waals surface area contributed by atoms with E-state index < -0.39 is 5.82 Å². The van der Waals surface area contributed by atoms with Gasteiger partial charge in [-0.3, -0.25) is 14.5 Å². The monoisotopic (exact) mass is 337 g/mol. The summed E-state index contributed by atoms with van der Waals surface area (Å²) in [5.74, 6) is -0.820. The molecule has 2 amide bonds. The minimum absolute atomic E-state index is 0.0505. The number of piperazine rings is 1. The SMILES string of the molecule is CNC(=O)C1CN(C(=O)COc2ccccc2F)CCN1C(C)C. The Morgan fingerprint density at radius 2 is 2.04 bits per heavy atom. The molecule has 0 radical (unpaired) electrons. The van der Waals surface area contributed by atoms with Gasteiger partial charge < -0.3 is 15.0 Å². The number of amides is 2. The summed E-state index contributed by atoms with van der Waals surface area (Å²) in [7, 11) is 1.59. The van der Waals surface area contributed by atoms with Gasteiger partial charge in [0.25, 0.3) is 5.91 Å². The van der Waals surface area contributed by atoms with Gasteiger partial charge in [0.2, 0.25) is 5.91 Å². The van der Waals surface area contributed by atoms with Crippen LogP contribution < -0.4 is 10.1 Å². The van der Waals surface area contributed by atoms with Gasteiger partial charge in [0, 0.05) is 32.7 Å². The van der Waals surface area contributed by atoms with Gasteiger partial charge in [0.05, 0.1) is 0 Å². The van der Waals surface area contributed by atoms with Crippen LogP contribution in [0.15, 0.2) is 24.3 Å². The molecular formula is C17H24FN3O3. The van der Waals surface area contributed by atoms with Crippen LogP contribution in [0.3, 0.4) is 0 Å². The summed E-state index contributed by atoms with van der Waals surface area (Å²) in [4.78, 5) is 28.1. The molecule has 1 fully saturated rings. The Morgan fingerprint density at radius 3 is 2.67 bits per heavy atom. The van der Waals surface area contributed by atoms with Crippen molar-refractivity contribution in [3.63, 3.8) is 0 Å². The summed E-state index contributed by atoms with van der Waals surface area (Å²) in [5, 5.41) is 2.64. The number of nitrogens with one attached hydrogen (secondary N) is 1. The fourth-order valence-electron chi connectivity index (χ4n) is 2.83. The molecule has 1 atom stereocenters. The average Bonchev–Trinajstić information content (AvgIpc) is 2.59. The molecule has 1 aromatic rings. The third-order valence-electron chi connectivity index (χ3n) is 4.17. The molecule has 0 spiro atoms. The lowest BCUT2D eigenvalue weighted by Crippen LogP contribution is -2.61. The highest BCUT2D eigenvalue weighted by Gasteiger charge is 2.35. The third-order valence-corrected chi connectivity index (χ3v) is 4.17. The van der Waals surface area contributed by atoms with Gasteiger partial charge in [0.15, 0.2) is 18.2 Å². The van der Waals surface area contributed by atoms with Crippen LogP contribution in [0.4, 0.5) is 4.39 Å². The number of likely N-dealkylation sites (N-methyl/N-ethyl adjacent to an activating group) is 1. The van der Waals surface area contributed by atoms with Crippen LogP contribution in [-0.4, -0.2) is 67.0 Å². The fourth-order valence-corrected chi connectivity index (χ4v) is 2.83. The molecule has 0 aliphatic carbocycles. The number of hydrogen-bond acceptors (Lipinski definition) is 4. The number of rotatable bonds is 5. The molecule has 1 saturated heterocycles. The zero-order valence-corrected chi connectivity index (χ0v) is 14.3. The molecule has 1 N–H and O–H groups in total. The van der Waals surface area contributed by atoms with Crippen LogP contribution in [0.1, 0.15) is 13.8 Å². The second-order valence-electron chi connectivity index (χ2n) is 6.02. The first-order chi connectivity index (χ1) is 11.4. The topological polar surface area (TPSA) is 61.9 Å². The van der Waals surface area contributed by atoms with E-state index in [0.29, 0.717) is 19.6 Å². The molecule has 0 aromatic heterocycles. The van der Waals surface area contributed by atoms with Crippen molar-refractivity contribution in [2.45, 2.75) is 25.9 Å². The first-order valence-electron chi connectivity index (χ1n) is 8.06. The van der Waals surface area contributed by atoms with Crippen molar-refractivity contribution >= 4 is 11.8 Å². The minimum Gasteiger partial charge on any atom is -0.481 e. The largest absolute Gasteiger partial charge is 0.481 e. The summed E-state index contributed by atoms with van der Waals surface area (Å²) in [5.41, 5.74) is 0. The molecule has 132 valence electrons. The maximum Gasteiger partial charge on any atom is 0.260 e. The van der Waals surface area contributed by atoms with Crippen LogP contribution in [0, 0.1) is 5.82 Å². The Bertz CT molecular complexity index is 594. The summed E-state index contributed by atoms with van der Waals surface area (Å²) >= 11 is 0. The van der Waals surface area contributed by atoms with E-state index >= 15 is 0 Å². The van der Waals surface area contributed by atoms with E-state index in [1.165, 1.54) is 12.1 Å². The van der Waals surface area contributed by atoms with E-state index in [1.807, 2.05) is 13.8 Å². The zero-order chi connectivity index (χ0) is 17.7. The average molecular weight is 337 g/mol. The molecule has 0 saturated carbocycles. The van der Waals surface area contributed by atoms with Crippen molar-refractivity contribution < 1.29 is 18.7 Å². The van der Waals surface area contributed by atoms with Crippen LogP contribution in [0.5, 0.6) is 5.75 Å². The molecule has 7 heteroatoms. The van der Waals surface area contributed by atoms with Gasteiger partial charge >= 0.3 is 0 Å². The number of benzene rings is 1. The smallest absolute Gasteiger partial charge is 0.260 e. The van der Waals surface area contributed by atoms with Crippen molar-refractivity contribution in [2.75, 3.05) is 33.3 Å². The molecular weight excluding hydrogens is 313 g/mol. The normalized spacial score (nSPS) is 18.5. The highest BCUT2D eigenvalue weighted by Crippen LogP contribution is 2.17. The number of carbonyl (C=O) groups is 2. The molecule has 2 rings (SSSR count). The molecule has 6 nitrogen and oxygen atoms in total. The van der Waals surface area contributed by atoms with E-state index in [1.54, 1.807) is 24.1 Å². The summed E-state index contributed by atoms with van der Waals surface area (Å²) in [6.07, 6.45) is 0. The number of carbonyl (C=O) groups excluding carboxylic acids is 2. The minimum atomic E-state index is -0.502. The van der Waals surface area contributed by atoms with E-state index in [0.717, 1.165) is 0 Å². The number of para-hydroxylation sites is 1. The summed E-state index contributed by atoms with van der Waals surface area (Å²) in [6, 6.07) is 5.78. The summed E-state index contributed by atoms with van der Waals surface area (Å²) in [6.45, 7) is 5.23. The standard InChI is InChI=1S/C17H24FN3O3/c1-12(2)21-9-8-20(10-14(21)17(23)19-3)16(22)11-24-15-7-5-4-6-13(15)18/h4-7,12,14H,8-11H2,1-3H3,(H,19,23). The number of ether oxygens (including phenoxy) is 1. The number of hydrogen-bond donors (Lipinski definition) is 1. The van der Waals surface area contributed by atoms with Crippen molar-refractivity contribution in [3.8, 4) is 5.75 Å². The Hall–Kier alpha value is -2.15. The van der Waals surface area contributed by atoms with Gasteiger partial charge in [-0.1, -0.05) is 12.1 Å². The van der Waals surface area contributed by atoms with Gasteiger partial charge in [-0.15, -0.1) is 0 Å². The second kappa shape index (κ2) is 8.10. The van der Waals surface area contributed by atoms with Gasteiger partial charge in [-0.05, 0) is 26.0 Å². The summed E-state index contributed by atoms with van der Waals surface area (Å²) < 4.78 is 18.8. The quantitative estimate of drug-likeness (QED) is 0.866. The Morgan fingerprint density at radius 1 is 1.33 bits per heavy atom. The van der Waals surface area contributed by atoms with E-state index in [9.17, 15) is 14.0 Å². The predicted octanol–water partition coefficient (Wildman–Crippen LogP) is 0.872. The van der Waals surface area contributed by atoms with E-state index in [2.05, 4.69) is 10.2 Å². The van der Waals surface area contributed by atoms with E-state index in [4.69, 9.17) is 4.74 Å². The molecule has 0 bridgehead atoms. The first kappa shape index (κ1) is 18.2. The zero-order valence-electron chi connectivity index (χ0n) is 14.3. The maximum absolute atomic E-state index is 13.5. The Kier molecular flexibility index (Phi) is 6.14. The second-order valence-corrected chi connectivity index (χ2v) is 6.02. The molecule has 24 heavy (non-hydrogen) atoms. The van der Waals surface area contributed by atoms with Crippen molar-refractivity contribution in [2.24, 2.45) is 0 Å². The lowest BCUT2D eigenvalue weighted by molar-refractivity contribution is -0.140. The van der Waals surface area contributed by atoms with Crippen molar-refractivity contribution in [3.05, 3.63) is 30.1 Å². The maximum atomic E-state index is 13.5. The van der Waals surface area contributed by atoms with E-state index in [-0.39, 0.29) is 36.3 Å². The lowest BCUT2D eigenvalue weighted by atomic mass is 10.1. The Labute approximate surface area is 141 Å². The Balaban J connectivity index is 1.97. The first-order valence-corrected chi connectivity index (χ1v) is 8.06. The molecule has 1 aliphatic rings. The number of nitrogens with zero attached hydrogens (tertiary/aromatic N) is 2.